The number of hydrogen-bond acceptors (Lipinski definition) is 5. The third-order valence-corrected chi connectivity index (χ3v) is 7.07. The fraction of sp³-hybridized carbons (Fsp3) is 0.333. The van der Waals surface area contributed by atoms with E-state index in [0.717, 1.165) is 57.3 Å². The van der Waals surface area contributed by atoms with Crippen molar-refractivity contribution in [3.63, 3.8) is 0 Å². The average Bonchev–Trinajstić information content (AvgIpc) is 3.46. The fourth-order valence-electron chi connectivity index (χ4n) is 4.82. The van der Waals surface area contributed by atoms with Crippen molar-refractivity contribution in [3.05, 3.63) is 75.8 Å². The van der Waals surface area contributed by atoms with Gasteiger partial charge in [0.2, 0.25) is 0 Å². The second-order valence-electron chi connectivity index (χ2n) is 9.07. The summed E-state index contributed by atoms with van der Waals surface area (Å²) in [6.45, 7) is 12.9. The molecule has 7 heteroatoms. The first kappa shape index (κ1) is 22.1. The summed E-state index contributed by atoms with van der Waals surface area (Å²) in [6.07, 6.45) is 1.90. The highest BCUT2D eigenvalue weighted by atomic mass is 16.7. The predicted molar refractivity (Wildman–Crippen MR) is 134 cm³/mol. The van der Waals surface area contributed by atoms with Gasteiger partial charge in [0.1, 0.15) is 16.6 Å². The van der Waals surface area contributed by atoms with Gasteiger partial charge in [-0.3, -0.25) is 0 Å². The van der Waals surface area contributed by atoms with E-state index in [2.05, 4.69) is 61.3 Å². The van der Waals surface area contributed by atoms with E-state index in [-0.39, 0.29) is 6.04 Å². The van der Waals surface area contributed by atoms with E-state index in [4.69, 9.17) is 4.84 Å². The Hall–Kier alpha value is -3.74. The molecule has 2 heterocycles. The average molecular weight is 455 g/mol. The van der Waals surface area contributed by atoms with Gasteiger partial charge in [-0.15, -0.1) is 10.2 Å². The summed E-state index contributed by atoms with van der Waals surface area (Å²) in [5.74, 6) is 0.812. The number of fused-ring (bicyclic) bond motifs is 2. The van der Waals surface area contributed by atoms with Crippen LogP contribution < -0.4 is 4.84 Å². The first-order valence-corrected chi connectivity index (χ1v) is 11.8. The van der Waals surface area contributed by atoms with E-state index in [1.54, 1.807) is 4.85 Å². The molecule has 174 valence electrons. The first-order valence-electron chi connectivity index (χ1n) is 11.8. The normalized spacial score (nSPS) is 12.5. The number of aryl methyl sites for hydroxylation is 1. The molecule has 0 radical (unpaired) electrons. The minimum atomic E-state index is -0.0260. The van der Waals surface area contributed by atoms with Crippen LogP contribution in [0.1, 0.15) is 59.2 Å². The Labute approximate surface area is 199 Å². The van der Waals surface area contributed by atoms with Crippen LogP contribution in [-0.2, 0) is 0 Å². The lowest BCUT2D eigenvalue weighted by Gasteiger charge is -2.26. The highest BCUT2D eigenvalue weighted by Crippen LogP contribution is 2.41. The van der Waals surface area contributed by atoms with Crippen LogP contribution in [-0.4, -0.2) is 30.2 Å². The number of hydrogen-bond donors (Lipinski definition) is 0. The molecule has 3 aromatic carbocycles. The Balaban J connectivity index is 1.74. The summed E-state index contributed by atoms with van der Waals surface area (Å²) < 4.78 is 2.05. The number of rotatable bonds is 6. The third kappa shape index (κ3) is 3.43. The number of benzene rings is 3. The Bertz CT molecular complexity index is 1510. The van der Waals surface area contributed by atoms with Crippen molar-refractivity contribution in [2.45, 2.75) is 60.4 Å². The molecule has 34 heavy (non-hydrogen) atoms. The zero-order valence-corrected chi connectivity index (χ0v) is 20.6. The van der Waals surface area contributed by atoms with E-state index in [9.17, 15) is 0 Å². The predicted octanol–water partition coefficient (Wildman–Crippen LogP) is 5.95. The summed E-state index contributed by atoms with van der Waals surface area (Å²) in [5.41, 5.74) is 10.6. The van der Waals surface area contributed by atoms with Crippen LogP contribution in [0.2, 0.25) is 0 Å². The quantitative estimate of drug-likeness (QED) is 0.317. The molecular formula is C27H30N6O. The van der Waals surface area contributed by atoms with E-state index in [0.29, 0.717) is 0 Å². The first-order chi connectivity index (χ1) is 16.4. The van der Waals surface area contributed by atoms with Crippen molar-refractivity contribution in [2.75, 3.05) is 0 Å². The van der Waals surface area contributed by atoms with Gasteiger partial charge in [0.05, 0.1) is 11.6 Å². The molecule has 0 amide bonds. The van der Waals surface area contributed by atoms with E-state index in [1.807, 2.05) is 48.0 Å². The molecule has 7 nitrogen and oxygen atoms in total. The van der Waals surface area contributed by atoms with Crippen LogP contribution >= 0.6 is 0 Å². The summed E-state index contributed by atoms with van der Waals surface area (Å²) in [5, 5.41) is 17.7. The van der Waals surface area contributed by atoms with Gasteiger partial charge in [-0.25, -0.2) is 4.68 Å². The minimum absolute atomic E-state index is 0.0260. The highest BCUT2D eigenvalue weighted by Gasteiger charge is 2.28. The second-order valence-corrected chi connectivity index (χ2v) is 9.07. The van der Waals surface area contributed by atoms with Crippen molar-refractivity contribution < 1.29 is 4.84 Å². The van der Waals surface area contributed by atoms with Gasteiger partial charge >= 0.3 is 0 Å². The molecule has 2 aromatic heterocycles. The molecule has 0 aliphatic carbocycles. The van der Waals surface area contributed by atoms with Crippen molar-refractivity contribution in [3.8, 4) is 5.75 Å². The third-order valence-electron chi connectivity index (χ3n) is 7.07. The van der Waals surface area contributed by atoms with Crippen LogP contribution in [0.25, 0.3) is 22.1 Å². The smallest absolute Gasteiger partial charge is 0.166 e. The van der Waals surface area contributed by atoms with Gasteiger partial charge < -0.3 is 4.84 Å². The number of para-hydroxylation sites is 1. The lowest BCUT2D eigenvalue weighted by atomic mass is 9.88. The Morgan fingerprint density at radius 3 is 2.32 bits per heavy atom. The van der Waals surface area contributed by atoms with Gasteiger partial charge in [-0.05, 0) is 92.3 Å². The van der Waals surface area contributed by atoms with Gasteiger partial charge in [-0.1, -0.05) is 47.7 Å². The Kier molecular flexibility index (Phi) is 5.55. The molecule has 0 aliphatic heterocycles. The van der Waals surface area contributed by atoms with Gasteiger partial charge in [0, 0.05) is 5.56 Å². The molecule has 1 atom stereocenters. The molecule has 0 fully saturated rings. The van der Waals surface area contributed by atoms with Crippen molar-refractivity contribution in [2.24, 2.45) is 0 Å². The number of nitrogens with zero attached hydrogens (tertiary/aromatic N) is 6. The largest absolute Gasteiger partial charge is 0.355 e. The maximum Gasteiger partial charge on any atom is 0.166 e. The van der Waals surface area contributed by atoms with Gasteiger partial charge in [0.15, 0.2) is 5.75 Å². The molecular weight excluding hydrogens is 424 g/mol. The molecule has 0 saturated carbocycles. The summed E-state index contributed by atoms with van der Waals surface area (Å²) in [6, 6.07) is 14.1. The summed E-state index contributed by atoms with van der Waals surface area (Å²) in [4.78, 5) is 8.13. The molecule has 5 aromatic rings. The molecule has 0 saturated heterocycles. The highest BCUT2D eigenvalue weighted by molar-refractivity contribution is 5.77. The van der Waals surface area contributed by atoms with Crippen molar-refractivity contribution in [1.29, 1.82) is 0 Å². The molecule has 0 bridgehead atoms. The van der Waals surface area contributed by atoms with Crippen LogP contribution in [0, 0.1) is 34.6 Å². The summed E-state index contributed by atoms with van der Waals surface area (Å²) in [7, 11) is 0. The maximum absolute atomic E-state index is 6.58. The fourth-order valence-corrected chi connectivity index (χ4v) is 4.82. The maximum atomic E-state index is 6.58. The Morgan fingerprint density at radius 1 is 0.794 bits per heavy atom. The standard InChI is InChI=1S/C27H30N6O/c1-7-11-23(32-22-14-9-8-13-21(22)28-30-32)25-19(5)17(3)18(4)20(6)27(25)34-33-24-15-10-12-16(2)26(24)29-31-33/h8-10,12-15,23H,7,11H2,1-6H3. The van der Waals surface area contributed by atoms with Crippen LogP contribution in [0.4, 0.5) is 0 Å². The van der Waals surface area contributed by atoms with E-state index >= 15 is 0 Å². The molecule has 0 aliphatic rings. The molecule has 5 rings (SSSR count). The van der Waals surface area contributed by atoms with Gasteiger partial charge in [-0.2, -0.15) is 0 Å². The second kappa shape index (κ2) is 8.56. The molecule has 0 N–H and O–H groups in total. The lowest BCUT2D eigenvalue weighted by Crippen LogP contribution is -2.19. The SMILES string of the molecule is CCCC(c1c(C)c(C)c(C)c(C)c1On1nnc2c(C)cccc21)n1nnc2ccccc21. The minimum Gasteiger partial charge on any atom is -0.355 e. The van der Waals surface area contributed by atoms with Crippen LogP contribution in [0.15, 0.2) is 42.5 Å². The lowest BCUT2D eigenvalue weighted by molar-refractivity contribution is 0.178. The molecule has 1 unspecified atom stereocenters. The number of aromatic nitrogens is 6. The zero-order valence-electron chi connectivity index (χ0n) is 20.6. The summed E-state index contributed by atoms with van der Waals surface area (Å²) >= 11 is 0. The molecule has 0 spiro atoms. The monoisotopic (exact) mass is 454 g/mol. The van der Waals surface area contributed by atoms with Crippen LogP contribution in [0.5, 0.6) is 5.75 Å². The zero-order chi connectivity index (χ0) is 24.0. The Morgan fingerprint density at radius 2 is 1.53 bits per heavy atom. The van der Waals surface area contributed by atoms with Crippen LogP contribution in [0.3, 0.4) is 0 Å². The van der Waals surface area contributed by atoms with E-state index in [1.165, 1.54) is 16.7 Å². The van der Waals surface area contributed by atoms with Gasteiger partial charge in [0.25, 0.3) is 0 Å². The van der Waals surface area contributed by atoms with E-state index < -0.39 is 0 Å². The van der Waals surface area contributed by atoms with Crippen molar-refractivity contribution >= 4 is 22.1 Å². The topological polar surface area (TPSA) is 70.7 Å². The van der Waals surface area contributed by atoms with Crippen molar-refractivity contribution in [1.82, 2.24) is 30.2 Å².